The predicted molar refractivity (Wildman–Crippen MR) is 86.1 cm³/mol. The Morgan fingerprint density at radius 1 is 1.14 bits per heavy atom. The van der Waals surface area contributed by atoms with Gasteiger partial charge in [-0.05, 0) is 17.7 Å². The Morgan fingerprint density at radius 2 is 1.82 bits per heavy atom. The molecule has 1 N–H and O–H groups in total. The molecule has 0 radical (unpaired) electrons. The van der Waals surface area contributed by atoms with Crippen molar-refractivity contribution in [3.63, 3.8) is 0 Å². The van der Waals surface area contributed by atoms with E-state index in [1.807, 2.05) is 30.3 Å². The molecule has 5 heteroatoms. The normalized spacial score (nSPS) is 11.7. The molecule has 22 heavy (non-hydrogen) atoms. The summed E-state index contributed by atoms with van der Waals surface area (Å²) in [6, 6.07) is 16.8. The van der Waals surface area contributed by atoms with Crippen molar-refractivity contribution in [3.8, 4) is 5.75 Å². The van der Waals surface area contributed by atoms with Gasteiger partial charge in [0.1, 0.15) is 5.75 Å². The Balaban J connectivity index is 1.81. The van der Waals surface area contributed by atoms with Crippen molar-refractivity contribution in [3.05, 3.63) is 65.2 Å². The third kappa shape index (κ3) is 4.76. The number of para-hydroxylation sites is 1. The van der Waals surface area contributed by atoms with Crippen LogP contribution in [0.1, 0.15) is 11.7 Å². The molecule has 0 aromatic heterocycles. The van der Waals surface area contributed by atoms with Gasteiger partial charge >= 0.3 is 0 Å². The minimum absolute atomic E-state index is 0.0883. The fourth-order valence-corrected chi connectivity index (χ4v) is 2.16. The Kier molecular flexibility index (Phi) is 6.25. The van der Waals surface area contributed by atoms with Gasteiger partial charge in [0.05, 0.1) is 11.1 Å². The second-order valence-corrected chi connectivity index (χ2v) is 5.07. The molecule has 0 bridgehead atoms. The van der Waals surface area contributed by atoms with Crippen molar-refractivity contribution in [2.75, 3.05) is 20.3 Å². The molecule has 0 aliphatic rings. The van der Waals surface area contributed by atoms with Gasteiger partial charge in [-0.25, -0.2) is 0 Å². The molecule has 4 nitrogen and oxygen atoms in total. The van der Waals surface area contributed by atoms with E-state index in [-0.39, 0.29) is 18.6 Å². The average molecular weight is 320 g/mol. The maximum absolute atomic E-state index is 11.8. The first kappa shape index (κ1) is 16.3. The van der Waals surface area contributed by atoms with E-state index in [4.69, 9.17) is 21.1 Å². The lowest BCUT2D eigenvalue weighted by atomic mass is 10.1. The number of rotatable bonds is 7. The van der Waals surface area contributed by atoms with Gasteiger partial charge in [0.15, 0.2) is 6.61 Å². The van der Waals surface area contributed by atoms with Gasteiger partial charge in [0, 0.05) is 13.7 Å². The van der Waals surface area contributed by atoms with Crippen LogP contribution in [0, 0.1) is 0 Å². The highest BCUT2D eigenvalue weighted by molar-refractivity contribution is 6.32. The van der Waals surface area contributed by atoms with Gasteiger partial charge in [0.2, 0.25) is 0 Å². The van der Waals surface area contributed by atoms with E-state index < -0.39 is 0 Å². The summed E-state index contributed by atoms with van der Waals surface area (Å²) in [5.74, 6) is 0.267. The van der Waals surface area contributed by atoms with Crippen LogP contribution in [0.5, 0.6) is 5.75 Å². The van der Waals surface area contributed by atoms with Crippen molar-refractivity contribution in [2.45, 2.75) is 6.10 Å². The fraction of sp³-hybridized carbons (Fsp3) is 0.235. The Morgan fingerprint density at radius 3 is 2.50 bits per heavy atom. The molecule has 0 spiro atoms. The van der Waals surface area contributed by atoms with Crippen molar-refractivity contribution in [1.29, 1.82) is 0 Å². The van der Waals surface area contributed by atoms with Crippen molar-refractivity contribution >= 4 is 17.5 Å². The van der Waals surface area contributed by atoms with Crippen molar-refractivity contribution in [2.24, 2.45) is 0 Å². The summed E-state index contributed by atoms with van der Waals surface area (Å²) in [5, 5.41) is 3.27. The van der Waals surface area contributed by atoms with E-state index in [0.717, 1.165) is 5.56 Å². The third-order valence-corrected chi connectivity index (χ3v) is 3.45. The SMILES string of the molecule is COC(CNC(=O)COc1ccccc1Cl)c1ccccc1. The lowest BCUT2D eigenvalue weighted by Crippen LogP contribution is -2.33. The second kappa shape index (κ2) is 8.41. The summed E-state index contributed by atoms with van der Waals surface area (Å²) in [6.07, 6.45) is -0.189. The predicted octanol–water partition coefficient (Wildman–Crippen LogP) is 3.22. The lowest BCUT2D eigenvalue weighted by Gasteiger charge is -2.16. The Labute approximate surface area is 135 Å². The molecule has 0 aliphatic carbocycles. The standard InChI is InChI=1S/C17H18ClNO3/c1-21-16(13-7-3-2-4-8-13)11-19-17(20)12-22-15-10-6-5-9-14(15)18/h2-10,16H,11-12H2,1H3,(H,19,20). The summed E-state index contributed by atoms with van der Waals surface area (Å²) in [6.45, 7) is 0.292. The highest BCUT2D eigenvalue weighted by Gasteiger charge is 2.12. The highest BCUT2D eigenvalue weighted by Crippen LogP contribution is 2.22. The molecule has 2 rings (SSSR count). The second-order valence-electron chi connectivity index (χ2n) is 4.66. The molecule has 0 heterocycles. The molecule has 116 valence electrons. The summed E-state index contributed by atoms with van der Waals surface area (Å²) < 4.78 is 10.8. The number of amides is 1. The minimum atomic E-state index is -0.224. The van der Waals surface area contributed by atoms with Gasteiger partial charge in [-0.1, -0.05) is 54.1 Å². The van der Waals surface area contributed by atoms with Crippen molar-refractivity contribution in [1.82, 2.24) is 5.32 Å². The van der Waals surface area contributed by atoms with Crippen LogP contribution in [0.2, 0.25) is 5.02 Å². The quantitative estimate of drug-likeness (QED) is 0.852. The van der Waals surface area contributed by atoms with Crippen LogP contribution in [0.4, 0.5) is 0 Å². The van der Waals surface area contributed by atoms with E-state index in [2.05, 4.69) is 5.32 Å². The van der Waals surface area contributed by atoms with Crippen LogP contribution >= 0.6 is 11.6 Å². The third-order valence-electron chi connectivity index (χ3n) is 3.14. The summed E-state index contributed by atoms with van der Waals surface area (Å²) in [4.78, 5) is 11.8. The number of halogens is 1. The lowest BCUT2D eigenvalue weighted by molar-refractivity contribution is -0.123. The van der Waals surface area contributed by atoms with Crippen LogP contribution in [0.25, 0.3) is 0 Å². The van der Waals surface area contributed by atoms with Gasteiger partial charge in [-0.15, -0.1) is 0 Å². The largest absolute Gasteiger partial charge is 0.482 e. The van der Waals surface area contributed by atoms with Gasteiger partial charge in [-0.3, -0.25) is 4.79 Å². The number of ether oxygens (including phenoxy) is 2. The molecule has 1 atom stereocenters. The molecule has 2 aromatic rings. The topological polar surface area (TPSA) is 47.6 Å². The molecule has 0 fully saturated rings. The highest BCUT2D eigenvalue weighted by atomic mass is 35.5. The maximum atomic E-state index is 11.8. The van der Waals surface area contributed by atoms with E-state index in [9.17, 15) is 4.79 Å². The van der Waals surface area contributed by atoms with Gasteiger partial charge in [0.25, 0.3) is 5.91 Å². The zero-order chi connectivity index (χ0) is 15.8. The number of benzene rings is 2. The van der Waals surface area contributed by atoms with Crippen LogP contribution in [0.15, 0.2) is 54.6 Å². The monoisotopic (exact) mass is 319 g/mol. The van der Waals surface area contributed by atoms with E-state index >= 15 is 0 Å². The molecular weight excluding hydrogens is 302 g/mol. The molecule has 2 aromatic carbocycles. The number of methoxy groups -OCH3 is 1. The van der Waals surface area contributed by atoms with Crippen LogP contribution in [0.3, 0.4) is 0 Å². The number of carbonyl (C=O) groups is 1. The first-order valence-corrected chi connectivity index (χ1v) is 7.30. The van der Waals surface area contributed by atoms with E-state index in [1.165, 1.54) is 0 Å². The average Bonchev–Trinajstić information content (AvgIpc) is 2.55. The zero-order valence-corrected chi connectivity index (χ0v) is 13.0. The van der Waals surface area contributed by atoms with Crippen LogP contribution < -0.4 is 10.1 Å². The van der Waals surface area contributed by atoms with Crippen LogP contribution in [-0.4, -0.2) is 26.2 Å². The van der Waals surface area contributed by atoms with Gasteiger partial charge < -0.3 is 14.8 Å². The molecular formula is C17H18ClNO3. The van der Waals surface area contributed by atoms with Crippen LogP contribution in [-0.2, 0) is 9.53 Å². The molecule has 1 unspecified atom stereocenters. The molecule has 0 saturated heterocycles. The number of carbonyl (C=O) groups excluding carboxylic acids is 1. The molecule has 1 amide bonds. The summed E-state index contributed by atoms with van der Waals surface area (Å²) in [7, 11) is 1.62. The minimum Gasteiger partial charge on any atom is -0.482 e. The Bertz CT molecular complexity index is 604. The number of hydrogen-bond acceptors (Lipinski definition) is 3. The number of hydrogen-bond donors (Lipinski definition) is 1. The number of nitrogens with one attached hydrogen (secondary N) is 1. The maximum Gasteiger partial charge on any atom is 0.258 e. The van der Waals surface area contributed by atoms with E-state index in [1.54, 1.807) is 31.4 Å². The van der Waals surface area contributed by atoms with E-state index in [0.29, 0.717) is 17.3 Å². The first-order valence-electron chi connectivity index (χ1n) is 6.92. The molecule has 0 aliphatic heterocycles. The smallest absolute Gasteiger partial charge is 0.258 e. The molecule has 0 saturated carbocycles. The summed E-state index contributed by atoms with van der Waals surface area (Å²) in [5.41, 5.74) is 1.01. The van der Waals surface area contributed by atoms with Crippen molar-refractivity contribution < 1.29 is 14.3 Å². The first-order chi connectivity index (χ1) is 10.7. The zero-order valence-electron chi connectivity index (χ0n) is 12.3. The Hall–Kier alpha value is -2.04. The summed E-state index contributed by atoms with van der Waals surface area (Å²) >= 11 is 5.96. The fourth-order valence-electron chi connectivity index (χ4n) is 1.97. The van der Waals surface area contributed by atoms with Gasteiger partial charge in [-0.2, -0.15) is 0 Å².